The average Bonchev–Trinajstić information content (AvgIpc) is 2.48. The van der Waals surface area contributed by atoms with Crippen LogP contribution >= 0.6 is 11.6 Å². The predicted molar refractivity (Wildman–Crippen MR) is 87.0 cm³/mol. The number of nitrogens with zero attached hydrogens (tertiary/aromatic N) is 3. The molecule has 1 aliphatic rings. The molecule has 0 amide bonds. The molecule has 1 aromatic rings. The smallest absolute Gasteiger partial charge is 0.281 e. The van der Waals surface area contributed by atoms with Crippen LogP contribution in [-0.2, 0) is 10.2 Å². The lowest BCUT2D eigenvalue weighted by Gasteiger charge is -2.36. The molecule has 1 saturated heterocycles. The van der Waals surface area contributed by atoms with Crippen molar-refractivity contribution in [3.05, 3.63) is 34.9 Å². The summed E-state index contributed by atoms with van der Waals surface area (Å²) < 4.78 is 26.8. The molecule has 0 aliphatic carbocycles. The Morgan fingerprint density at radius 1 is 1.23 bits per heavy atom. The van der Waals surface area contributed by atoms with Crippen molar-refractivity contribution in [1.29, 1.82) is 0 Å². The molecule has 1 atom stereocenters. The van der Waals surface area contributed by atoms with E-state index in [0.717, 1.165) is 0 Å². The summed E-state index contributed by atoms with van der Waals surface area (Å²) in [5.41, 5.74) is 0.701. The van der Waals surface area contributed by atoms with E-state index in [2.05, 4.69) is 4.90 Å². The third-order valence-corrected chi connectivity index (χ3v) is 6.10. The van der Waals surface area contributed by atoms with E-state index in [4.69, 9.17) is 11.6 Å². The molecular formula is C14H22ClN3O3S. The van der Waals surface area contributed by atoms with Crippen LogP contribution in [0.15, 0.2) is 24.3 Å². The van der Waals surface area contributed by atoms with E-state index in [1.807, 2.05) is 12.1 Å². The van der Waals surface area contributed by atoms with Crippen molar-refractivity contribution >= 4 is 21.8 Å². The van der Waals surface area contributed by atoms with E-state index < -0.39 is 16.3 Å². The van der Waals surface area contributed by atoms with Gasteiger partial charge in [0.05, 0.1) is 6.10 Å². The second-order valence-corrected chi connectivity index (χ2v) is 8.08. The van der Waals surface area contributed by atoms with Crippen LogP contribution in [0.1, 0.15) is 11.7 Å². The first-order valence-electron chi connectivity index (χ1n) is 7.15. The van der Waals surface area contributed by atoms with Crippen LogP contribution in [0.4, 0.5) is 0 Å². The number of piperazine rings is 1. The zero-order valence-electron chi connectivity index (χ0n) is 12.8. The number of benzene rings is 1. The normalized spacial score (nSPS) is 19.5. The molecule has 8 heteroatoms. The third-order valence-electron chi connectivity index (χ3n) is 3.81. The quantitative estimate of drug-likeness (QED) is 0.855. The fourth-order valence-electron chi connectivity index (χ4n) is 2.46. The topological polar surface area (TPSA) is 64.1 Å². The molecule has 0 bridgehead atoms. The molecular weight excluding hydrogens is 326 g/mol. The molecule has 2 rings (SSSR count). The maximum absolute atomic E-state index is 12.0. The molecule has 1 heterocycles. The Kier molecular flexibility index (Phi) is 5.81. The van der Waals surface area contributed by atoms with Crippen molar-refractivity contribution in [3.63, 3.8) is 0 Å². The number of aliphatic hydroxyl groups is 1. The molecule has 0 saturated carbocycles. The van der Waals surface area contributed by atoms with Crippen molar-refractivity contribution in [1.82, 2.24) is 13.5 Å². The number of hydrogen-bond acceptors (Lipinski definition) is 4. The Balaban J connectivity index is 1.92. The lowest BCUT2D eigenvalue weighted by molar-refractivity contribution is 0.0912. The minimum Gasteiger partial charge on any atom is -0.387 e. The summed E-state index contributed by atoms with van der Waals surface area (Å²) in [5, 5.41) is 10.8. The molecule has 0 spiro atoms. The van der Waals surface area contributed by atoms with Crippen molar-refractivity contribution in [2.75, 3.05) is 46.8 Å². The number of hydrogen-bond donors (Lipinski definition) is 1. The Hall–Kier alpha value is -0.700. The van der Waals surface area contributed by atoms with Gasteiger partial charge in [0.15, 0.2) is 0 Å². The van der Waals surface area contributed by atoms with Gasteiger partial charge in [0.25, 0.3) is 10.2 Å². The molecule has 1 aliphatic heterocycles. The third kappa shape index (κ3) is 3.98. The van der Waals surface area contributed by atoms with Gasteiger partial charge in [0.1, 0.15) is 0 Å². The second-order valence-electron chi connectivity index (χ2n) is 5.53. The van der Waals surface area contributed by atoms with Gasteiger partial charge in [-0.3, -0.25) is 4.90 Å². The Bertz CT molecular complexity index is 601. The minimum absolute atomic E-state index is 0.426. The van der Waals surface area contributed by atoms with Gasteiger partial charge in [-0.1, -0.05) is 29.8 Å². The first kappa shape index (κ1) is 17.7. The van der Waals surface area contributed by atoms with E-state index in [9.17, 15) is 13.5 Å². The van der Waals surface area contributed by atoms with Crippen molar-refractivity contribution < 1.29 is 13.5 Å². The summed E-state index contributed by atoms with van der Waals surface area (Å²) >= 11 is 6.08. The summed E-state index contributed by atoms with van der Waals surface area (Å²) in [5.74, 6) is 0. The molecule has 6 nitrogen and oxygen atoms in total. The van der Waals surface area contributed by atoms with Gasteiger partial charge in [-0.2, -0.15) is 17.0 Å². The largest absolute Gasteiger partial charge is 0.387 e. The maximum Gasteiger partial charge on any atom is 0.281 e. The highest BCUT2D eigenvalue weighted by Gasteiger charge is 2.29. The van der Waals surface area contributed by atoms with E-state index in [-0.39, 0.29) is 0 Å². The van der Waals surface area contributed by atoms with Gasteiger partial charge in [-0.15, -0.1) is 0 Å². The van der Waals surface area contributed by atoms with Gasteiger partial charge < -0.3 is 5.11 Å². The highest BCUT2D eigenvalue weighted by Crippen LogP contribution is 2.23. The lowest BCUT2D eigenvalue weighted by Crippen LogP contribution is -2.52. The van der Waals surface area contributed by atoms with E-state index in [0.29, 0.717) is 43.3 Å². The first-order valence-corrected chi connectivity index (χ1v) is 8.92. The Morgan fingerprint density at radius 2 is 1.82 bits per heavy atom. The van der Waals surface area contributed by atoms with Crippen molar-refractivity contribution in [2.24, 2.45) is 0 Å². The molecule has 1 N–H and O–H groups in total. The van der Waals surface area contributed by atoms with Crippen LogP contribution < -0.4 is 0 Å². The number of β-amino-alcohol motifs (C(OH)–C–C–N with tert-alkyl or cyclic N) is 1. The molecule has 124 valence electrons. The fraction of sp³-hybridized carbons (Fsp3) is 0.571. The van der Waals surface area contributed by atoms with Gasteiger partial charge in [0.2, 0.25) is 0 Å². The second kappa shape index (κ2) is 7.25. The minimum atomic E-state index is -3.35. The fourth-order valence-corrected chi connectivity index (χ4v) is 3.81. The molecule has 0 aromatic heterocycles. The summed E-state index contributed by atoms with van der Waals surface area (Å²) in [6.07, 6.45) is -0.675. The van der Waals surface area contributed by atoms with Crippen molar-refractivity contribution in [3.8, 4) is 0 Å². The first-order chi connectivity index (χ1) is 10.3. The summed E-state index contributed by atoms with van der Waals surface area (Å²) in [7, 11) is -0.293. The maximum atomic E-state index is 12.0. The van der Waals surface area contributed by atoms with Gasteiger partial charge in [0, 0.05) is 57.4 Å². The highest BCUT2D eigenvalue weighted by molar-refractivity contribution is 7.86. The van der Waals surface area contributed by atoms with Crippen LogP contribution in [0.2, 0.25) is 5.02 Å². The van der Waals surface area contributed by atoms with E-state index >= 15 is 0 Å². The standard InChI is InChI=1S/C14H22ClN3O3S/c1-16(2)22(20,21)18-9-7-17(8-10-18)11-14(19)12-5-3-4-6-13(12)15/h3-6,14,19H,7-11H2,1-2H3/t14-/m0/s1. The molecule has 22 heavy (non-hydrogen) atoms. The molecule has 1 fully saturated rings. The van der Waals surface area contributed by atoms with Crippen LogP contribution in [0.5, 0.6) is 0 Å². The van der Waals surface area contributed by atoms with Crippen molar-refractivity contribution in [2.45, 2.75) is 6.10 Å². The Morgan fingerprint density at radius 3 is 2.36 bits per heavy atom. The van der Waals surface area contributed by atoms with Crippen LogP contribution in [0.25, 0.3) is 0 Å². The lowest BCUT2D eigenvalue weighted by atomic mass is 10.1. The highest BCUT2D eigenvalue weighted by atomic mass is 35.5. The number of aliphatic hydroxyl groups excluding tert-OH is 1. The predicted octanol–water partition coefficient (Wildman–Crippen LogP) is 0.797. The summed E-state index contributed by atoms with van der Waals surface area (Å²) in [6.45, 7) is 2.48. The SMILES string of the molecule is CN(C)S(=O)(=O)N1CCN(C[C@H](O)c2ccccc2Cl)CC1. The number of rotatable bonds is 5. The monoisotopic (exact) mass is 347 g/mol. The number of halogens is 1. The Labute approximate surface area is 137 Å². The van der Waals surface area contributed by atoms with Crippen LogP contribution in [0, 0.1) is 0 Å². The molecule has 1 aromatic carbocycles. The molecule has 0 unspecified atom stereocenters. The zero-order chi connectivity index (χ0) is 16.3. The zero-order valence-corrected chi connectivity index (χ0v) is 14.4. The summed E-state index contributed by atoms with van der Waals surface area (Å²) in [4.78, 5) is 2.05. The molecule has 0 radical (unpaired) electrons. The summed E-state index contributed by atoms with van der Waals surface area (Å²) in [6, 6.07) is 7.22. The van der Waals surface area contributed by atoms with E-state index in [1.54, 1.807) is 12.1 Å². The van der Waals surface area contributed by atoms with E-state index in [1.165, 1.54) is 22.7 Å². The average molecular weight is 348 g/mol. The van der Waals surface area contributed by atoms with Gasteiger partial charge in [-0.05, 0) is 6.07 Å². The van der Waals surface area contributed by atoms with Crippen LogP contribution in [0.3, 0.4) is 0 Å². The van der Waals surface area contributed by atoms with Gasteiger partial charge in [-0.25, -0.2) is 0 Å². The van der Waals surface area contributed by atoms with Crippen LogP contribution in [-0.4, -0.2) is 73.9 Å². The van der Waals surface area contributed by atoms with Gasteiger partial charge >= 0.3 is 0 Å².